The van der Waals surface area contributed by atoms with Crippen LogP contribution in [0.3, 0.4) is 0 Å². The molecule has 29 heavy (non-hydrogen) atoms. The summed E-state index contributed by atoms with van der Waals surface area (Å²) in [5.74, 6) is 0.637. The van der Waals surface area contributed by atoms with E-state index in [2.05, 4.69) is 25.9 Å². The number of amides is 2. The van der Waals surface area contributed by atoms with Gasteiger partial charge in [-0.3, -0.25) is 4.57 Å². The monoisotopic (exact) mass is 387 g/mol. The summed E-state index contributed by atoms with van der Waals surface area (Å²) in [5, 5.41) is 18.3. The molecule has 0 spiro atoms. The Kier molecular flexibility index (Phi) is 5.07. The first-order valence-corrected chi connectivity index (χ1v) is 9.23. The van der Waals surface area contributed by atoms with Gasteiger partial charge in [-0.15, -0.1) is 10.2 Å². The second-order valence-electron chi connectivity index (χ2n) is 6.62. The molecule has 2 aromatic carbocycles. The number of rotatable bonds is 5. The Morgan fingerprint density at radius 3 is 2.55 bits per heavy atom. The van der Waals surface area contributed by atoms with Gasteiger partial charge < -0.3 is 10.6 Å². The summed E-state index contributed by atoms with van der Waals surface area (Å²) in [6.07, 6.45) is 1.63. The summed E-state index contributed by atoms with van der Waals surface area (Å²) in [5.41, 5.74) is 4.32. The van der Waals surface area contributed by atoms with Crippen molar-refractivity contribution in [3.63, 3.8) is 0 Å². The zero-order valence-electron chi connectivity index (χ0n) is 16.2. The third-order valence-electron chi connectivity index (χ3n) is 4.45. The van der Waals surface area contributed by atoms with E-state index in [0.29, 0.717) is 11.5 Å². The fraction of sp³-hybridized carbons (Fsp3) is 0.143. The maximum atomic E-state index is 12.5. The fourth-order valence-electron chi connectivity index (χ4n) is 3.15. The first kappa shape index (κ1) is 18.4. The highest BCUT2D eigenvalue weighted by Crippen LogP contribution is 2.21. The number of carbonyl (C=O) groups is 1. The fourth-order valence-corrected chi connectivity index (χ4v) is 3.15. The van der Waals surface area contributed by atoms with Crippen molar-refractivity contribution in [2.24, 2.45) is 0 Å². The molecule has 0 aliphatic carbocycles. The van der Waals surface area contributed by atoms with Crippen LogP contribution in [0.2, 0.25) is 0 Å². The van der Waals surface area contributed by atoms with Crippen molar-refractivity contribution >= 4 is 11.7 Å². The molecule has 0 radical (unpaired) electrons. The molecule has 4 aromatic rings. The molecule has 0 atom stereocenters. The van der Waals surface area contributed by atoms with Crippen LogP contribution in [0.1, 0.15) is 17.2 Å². The molecule has 2 heterocycles. The van der Waals surface area contributed by atoms with Crippen molar-refractivity contribution in [3.8, 4) is 11.4 Å². The van der Waals surface area contributed by atoms with Crippen molar-refractivity contribution in [1.29, 1.82) is 0 Å². The lowest BCUT2D eigenvalue weighted by molar-refractivity contribution is 0.251. The molecule has 0 bridgehead atoms. The lowest BCUT2D eigenvalue weighted by atomic mass is 10.2. The number of anilines is 1. The van der Waals surface area contributed by atoms with Crippen molar-refractivity contribution in [3.05, 3.63) is 84.2 Å². The normalized spacial score (nSPS) is 10.7. The van der Waals surface area contributed by atoms with Crippen LogP contribution in [0.25, 0.3) is 11.4 Å². The minimum Gasteiger partial charge on any atom is -0.331 e. The number of carbonyl (C=O) groups excluding carboxylic acids is 1. The Bertz CT molecular complexity index is 1130. The molecule has 0 aliphatic rings. The van der Waals surface area contributed by atoms with Gasteiger partial charge in [0, 0.05) is 11.4 Å². The quantitative estimate of drug-likeness (QED) is 0.549. The van der Waals surface area contributed by atoms with E-state index in [4.69, 9.17) is 0 Å². The summed E-state index contributed by atoms with van der Waals surface area (Å²) < 4.78 is 3.65. The molecule has 2 amide bonds. The Labute approximate surface area is 168 Å². The predicted molar refractivity (Wildman–Crippen MR) is 110 cm³/mol. The maximum absolute atomic E-state index is 12.5. The molecule has 0 saturated carbocycles. The number of nitrogens with zero attached hydrogens (tertiary/aromatic N) is 5. The minimum atomic E-state index is -0.332. The summed E-state index contributed by atoms with van der Waals surface area (Å²) in [6.45, 7) is 4.16. The Morgan fingerprint density at radius 1 is 1.03 bits per heavy atom. The topological polar surface area (TPSA) is 89.7 Å². The number of hydrogen-bond acceptors (Lipinski definition) is 4. The SMILES string of the molecule is Cc1cc(C)n(-c2ccccc2NC(=O)NCc2nncn2-c2ccccc2)n1. The molecule has 2 N–H and O–H groups in total. The van der Waals surface area contributed by atoms with Gasteiger partial charge in [-0.2, -0.15) is 5.10 Å². The Hall–Kier alpha value is -3.94. The number of aromatic nitrogens is 5. The van der Waals surface area contributed by atoms with Crippen LogP contribution in [-0.4, -0.2) is 30.6 Å². The van der Waals surface area contributed by atoms with Gasteiger partial charge in [0.1, 0.15) is 6.33 Å². The molecule has 146 valence electrons. The van der Waals surface area contributed by atoms with Gasteiger partial charge in [-0.1, -0.05) is 30.3 Å². The maximum Gasteiger partial charge on any atom is 0.319 e. The zero-order valence-corrected chi connectivity index (χ0v) is 16.2. The van der Waals surface area contributed by atoms with Crippen molar-refractivity contribution in [2.45, 2.75) is 20.4 Å². The highest BCUT2D eigenvalue weighted by atomic mass is 16.2. The first-order valence-electron chi connectivity index (χ1n) is 9.23. The molecule has 0 unspecified atom stereocenters. The number of benzene rings is 2. The lowest BCUT2D eigenvalue weighted by Crippen LogP contribution is -2.29. The van der Waals surface area contributed by atoms with E-state index in [1.165, 1.54) is 0 Å². The van der Waals surface area contributed by atoms with E-state index >= 15 is 0 Å². The predicted octanol–water partition coefficient (Wildman–Crippen LogP) is 3.39. The van der Waals surface area contributed by atoms with Crippen molar-refractivity contribution < 1.29 is 4.79 Å². The Morgan fingerprint density at radius 2 is 1.79 bits per heavy atom. The average Bonchev–Trinajstić information content (AvgIpc) is 3.33. The summed E-state index contributed by atoms with van der Waals surface area (Å²) in [7, 11) is 0. The van der Waals surface area contributed by atoms with Crippen LogP contribution in [0.5, 0.6) is 0 Å². The standard InChI is InChI=1S/C21H21N7O/c1-15-12-16(2)28(26-15)19-11-7-6-10-18(19)24-21(29)22-13-20-25-23-14-27(20)17-8-4-3-5-9-17/h3-12,14H,13H2,1-2H3,(H2,22,24,29). The third-order valence-corrected chi connectivity index (χ3v) is 4.45. The van der Waals surface area contributed by atoms with E-state index in [-0.39, 0.29) is 12.6 Å². The van der Waals surface area contributed by atoms with E-state index < -0.39 is 0 Å². The van der Waals surface area contributed by atoms with Crippen LogP contribution < -0.4 is 10.6 Å². The average molecular weight is 387 g/mol. The molecule has 0 saturated heterocycles. The van der Waals surface area contributed by atoms with E-state index in [9.17, 15) is 4.79 Å². The minimum absolute atomic E-state index is 0.239. The molecule has 8 heteroatoms. The smallest absolute Gasteiger partial charge is 0.319 e. The van der Waals surface area contributed by atoms with Crippen LogP contribution >= 0.6 is 0 Å². The van der Waals surface area contributed by atoms with Gasteiger partial charge in [0.2, 0.25) is 0 Å². The number of nitrogens with one attached hydrogen (secondary N) is 2. The summed E-state index contributed by atoms with van der Waals surface area (Å²) in [6, 6.07) is 18.9. The largest absolute Gasteiger partial charge is 0.331 e. The molecule has 4 rings (SSSR count). The van der Waals surface area contributed by atoms with Gasteiger partial charge in [-0.05, 0) is 44.2 Å². The summed E-state index contributed by atoms with van der Waals surface area (Å²) >= 11 is 0. The highest BCUT2D eigenvalue weighted by molar-refractivity contribution is 5.91. The molecule has 2 aromatic heterocycles. The summed E-state index contributed by atoms with van der Waals surface area (Å²) in [4.78, 5) is 12.5. The van der Waals surface area contributed by atoms with Gasteiger partial charge in [0.15, 0.2) is 5.82 Å². The van der Waals surface area contributed by atoms with Gasteiger partial charge >= 0.3 is 6.03 Å². The molecule has 8 nitrogen and oxygen atoms in total. The number of hydrogen-bond donors (Lipinski definition) is 2. The van der Waals surface area contributed by atoms with E-state index in [1.54, 1.807) is 6.33 Å². The second kappa shape index (κ2) is 7.97. The molecular weight excluding hydrogens is 366 g/mol. The highest BCUT2D eigenvalue weighted by Gasteiger charge is 2.12. The first-order chi connectivity index (χ1) is 14.1. The van der Waals surface area contributed by atoms with E-state index in [1.807, 2.05) is 83.8 Å². The van der Waals surface area contributed by atoms with Crippen LogP contribution in [0.15, 0.2) is 67.0 Å². The molecular formula is C21H21N7O. The van der Waals surface area contributed by atoms with Crippen LogP contribution in [0, 0.1) is 13.8 Å². The van der Waals surface area contributed by atoms with Gasteiger partial charge in [0.05, 0.1) is 23.6 Å². The number of urea groups is 1. The lowest BCUT2D eigenvalue weighted by Gasteiger charge is -2.13. The van der Waals surface area contributed by atoms with Gasteiger partial charge in [-0.25, -0.2) is 9.48 Å². The second-order valence-corrected chi connectivity index (χ2v) is 6.62. The van der Waals surface area contributed by atoms with Crippen molar-refractivity contribution in [2.75, 3.05) is 5.32 Å². The zero-order chi connectivity index (χ0) is 20.2. The van der Waals surface area contributed by atoms with Gasteiger partial charge in [0.25, 0.3) is 0 Å². The number of aryl methyl sites for hydroxylation is 2. The van der Waals surface area contributed by atoms with E-state index in [0.717, 1.165) is 22.8 Å². The molecule has 0 aliphatic heterocycles. The van der Waals surface area contributed by atoms with Crippen LogP contribution in [0.4, 0.5) is 10.5 Å². The van der Waals surface area contributed by atoms with Crippen molar-refractivity contribution in [1.82, 2.24) is 29.9 Å². The number of para-hydroxylation sites is 3. The molecule has 0 fully saturated rings. The third kappa shape index (κ3) is 4.01. The van der Waals surface area contributed by atoms with Crippen LogP contribution in [-0.2, 0) is 6.54 Å². The Balaban J connectivity index is 1.47.